The number of halogens is 1. The van der Waals surface area contributed by atoms with Crippen LogP contribution in [0.25, 0.3) is 0 Å². The van der Waals surface area contributed by atoms with E-state index in [1.54, 1.807) is 7.05 Å². The third-order valence-electron chi connectivity index (χ3n) is 5.49. The van der Waals surface area contributed by atoms with Gasteiger partial charge >= 0.3 is 6.09 Å². The van der Waals surface area contributed by atoms with Gasteiger partial charge in [0.25, 0.3) is 0 Å². The van der Waals surface area contributed by atoms with Crippen LogP contribution in [0.1, 0.15) is 39.2 Å². The van der Waals surface area contributed by atoms with Gasteiger partial charge in [0, 0.05) is 44.6 Å². The highest BCUT2D eigenvalue weighted by atomic mass is 127. The van der Waals surface area contributed by atoms with E-state index in [9.17, 15) is 4.79 Å². The van der Waals surface area contributed by atoms with Crippen LogP contribution in [-0.2, 0) is 15.9 Å². The Morgan fingerprint density at radius 3 is 2.31 bits per heavy atom. The minimum Gasteiger partial charge on any atom is -0.444 e. The summed E-state index contributed by atoms with van der Waals surface area (Å²) >= 11 is 0. The summed E-state index contributed by atoms with van der Waals surface area (Å²) in [7, 11) is 6.05. The minimum atomic E-state index is -0.515. The molecule has 32 heavy (non-hydrogen) atoms. The molecule has 0 radical (unpaired) electrons. The summed E-state index contributed by atoms with van der Waals surface area (Å²) in [6, 6.07) is 7.79. The van der Waals surface area contributed by atoms with E-state index in [1.165, 1.54) is 5.56 Å². The Morgan fingerprint density at radius 2 is 1.78 bits per heavy atom. The smallest absolute Gasteiger partial charge is 0.412 e. The Kier molecular flexibility index (Phi) is 11.7. The summed E-state index contributed by atoms with van der Waals surface area (Å²) in [4.78, 5) is 18.5. The molecule has 0 saturated carbocycles. The third-order valence-corrected chi connectivity index (χ3v) is 5.49. The van der Waals surface area contributed by atoms with E-state index >= 15 is 0 Å². The molecule has 1 aromatic carbocycles. The molecule has 0 unspecified atom stereocenters. The second kappa shape index (κ2) is 13.2. The van der Waals surface area contributed by atoms with Crippen molar-refractivity contribution in [1.82, 2.24) is 15.5 Å². The normalized spacial score (nSPS) is 16.2. The number of anilines is 1. The van der Waals surface area contributed by atoms with Crippen LogP contribution in [0.3, 0.4) is 0 Å². The molecule has 1 aliphatic rings. The predicted octanol–water partition coefficient (Wildman–Crippen LogP) is 3.47. The fourth-order valence-electron chi connectivity index (χ4n) is 3.50. The number of hydrogen-bond donors (Lipinski definition) is 3. The van der Waals surface area contributed by atoms with Crippen molar-refractivity contribution in [2.24, 2.45) is 4.99 Å². The fraction of sp³-hybridized carbons (Fsp3) is 0.652. The van der Waals surface area contributed by atoms with Crippen molar-refractivity contribution >= 4 is 41.7 Å². The molecule has 9 heteroatoms. The fourth-order valence-corrected chi connectivity index (χ4v) is 3.50. The molecule has 0 atom stereocenters. The first-order chi connectivity index (χ1) is 14.6. The second-order valence-electron chi connectivity index (χ2n) is 9.16. The van der Waals surface area contributed by atoms with Gasteiger partial charge in [0.2, 0.25) is 0 Å². The zero-order valence-corrected chi connectivity index (χ0v) is 22.6. The van der Waals surface area contributed by atoms with Gasteiger partial charge in [-0.2, -0.15) is 0 Å². The molecule has 1 amide bonds. The topological polar surface area (TPSA) is 87.2 Å². The lowest BCUT2D eigenvalue weighted by atomic mass is 9.88. The number of nitrogens with zero attached hydrogens (tertiary/aromatic N) is 2. The molecule has 3 N–H and O–H groups in total. The van der Waals surface area contributed by atoms with Crippen molar-refractivity contribution in [3.8, 4) is 0 Å². The third kappa shape index (κ3) is 9.50. The Bertz CT molecular complexity index is 726. The highest BCUT2D eigenvalue weighted by Gasteiger charge is 2.34. The van der Waals surface area contributed by atoms with Gasteiger partial charge in [-0.1, -0.05) is 12.1 Å². The maximum Gasteiger partial charge on any atom is 0.412 e. The minimum absolute atomic E-state index is 0. The molecule has 0 bridgehead atoms. The van der Waals surface area contributed by atoms with Crippen LogP contribution in [0.15, 0.2) is 29.3 Å². The van der Waals surface area contributed by atoms with E-state index in [0.717, 1.165) is 51.5 Å². The lowest BCUT2D eigenvalue weighted by Crippen LogP contribution is -2.57. The summed E-state index contributed by atoms with van der Waals surface area (Å²) in [6.07, 6.45) is 2.42. The number of guanidine groups is 1. The average Bonchev–Trinajstić information content (AvgIpc) is 2.71. The number of nitrogens with one attached hydrogen (secondary N) is 3. The number of amides is 1. The van der Waals surface area contributed by atoms with Crippen LogP contribution < -0.4 is 16.0 Å². The maximum atomic E-state index is 11.9. The summed E-state index contributed by atoms with van der Waals surface area (Å²) in [5.41, 5.74) is 1.47. The molecule has 0 aliphatic carbocycles. The molecular formula is C23H40IN5O3. The van der Waals surface area contributed by atoms with Gasteiger partial charge in [-0.3, -0.25) is 10.3 Å². The zero-order valence-electron chi connectivity index (χ0n) is 20.3. The SMILES string of the molecule is CN=C(NCCc1ccc(NC(=O)OC(C)(C)C)cc1)NCC1(N(C)C)CCOCC1.I. The Labute approximate surface area is 209 Å². The Hall–Kier alpha value is -1.59. The summed E-state index contributed by atoms with van der Waals surface area (Å²) < 4.78 is 10.8. The number of ether oxygens (including phenoxy) is 2. The lowest BCUT2D eigenvalue weighted by molar-refractivity contribution is -0.00501. The number of rotatable bonds is 7. The Morgan fingerprint density at radius 1 is 1.16 bits per heavy atom. The first-order valence-electron chi connectivity index (χ1n) is 10.9. The van der Waals surface area contributed by atoms with E-state index in [2.05, 4.69) is 39.9 Å². The number of benzene rings is 1. The zero-order chi connectivity index (χ0) is 22.9. The van der Waals surface area contributed by atoms with Gasteiger partial charge in [-0.05, 0) is 71.8 Å². The molecule has 1 saturated heterocycles. The second-order valence-corrected chi connectivity index (χ2v) is 9.16. The summed E-state index contributed by atoms with van der Waals surface area (Å²) in [5.74, 6) is 0.802. The van der Waals surface area contributed by atoms with Crippen LogP contribution >= 0.6 is 24.0 Å². The number of hydrogen-bond acceptors (Lipinski definition) is 5. The molecule has 182 valence electrons. The standard InChI is InChI=1S/C23H39N5O3.HI/c1-22(2,3)31-21(29)27-19-9-7-18(8-10-19)11-14-25-20(24-4)26-17-23(28(5)6)12-15-30-16-13-23;/h7-10H,11-17H2,1-6H3,(H,27,29)(H2,24,25,26);1H. The van der Waals surface area contributed by atoms with Gasteiger partial charge in [-0.15, -0.1) is 24.0 Å². The summed E-state index contributed by atoms with van der Waals surface area (Å²) in [6.45, 7) is 8.71. The average molecular weight is 562 g/mol. The Balaban J connectivity index is 0.00000512. The van der Waals surface area contributed by atoms with E-state index in [0.29, 0.717) is 5.69 Å². The van der Waals surface area contributed by atoms with Crippen LogP contribution in [-0.4, -0.2) is 75.5 Å². The quantitative estimate of drug-likeness (QED) is 0.269. The molecule has 1 heterocycles. The number of aliphatic imine (C=N–C) groups is 1. The van der Waals surface area contributed by atoms with Crippen molar-refractivity contribution in [2.45, 2.75) is 51.2 Å². The number of carbonyl (C=O) groups is 1. The monoisotopic (exact) mass is 561 g/mol. The van der Waals surface area contributed by atoms with Crippen molar-refractivity contribution in [3.05, 3.63) is 29.8 Å². The molecule has 1 aromatic rings. The highest BCUT2D eigenvalue weighted by molar-refractivity contribution is 14.0. The van der Waals surface area contributed by atoms with E-state index < -0.39 is 11.7 Å². The van der Waals surface area contributed by atoms with Gasteiger partial charge in [0.15, 0.2) is 5.96 Å². The van der Waals surface area contributed by atoms with E-state index in [-0.39, 0.29) is 29.5 Å². The molecular weight excluding hydrogens is 521 g/mol. The summed E-state index contributed by atoms with van der Waals surface area (Å²) in [5, 5.41) is 9.61. The molecule has 2 rings (SSSR count). The van der Waals surface area contributed by atoms with Crippen molar-refractivity contribution < 1.29 is 14.3 Å². The maximum absolute atomic E-state index is 11.9. The van der Waals surface area contributed by atoms with Gasteiger partial charge in [0.05, 0.1) is 0 Å². The highest BCUT2D eigenvalue weighted by Crippen LogP contribution is 2.25. The molecule has 1 fully saturated rings. The van der Waals surface area contributed by atoms with E-state index in [4.69, 9.17) is 9.47 Å². The predicted molar refractivity (Wildman–Crippen MR) is 141 cm³/mol. The molecule has 8 nitrogen and oxygen atoms in total. The van der Waals surface area contributed by atoms with Gasteiger partial charge < -0.3 is 25.0 Å². The van der Waals surface area contributed by atoms with E-state index in [1.807, 2.05) is 45.0 Å². The lowest BCUT2D eigenvalue weighted by Gasteiger charge is -2.43. The van der Waals surface area contributed by atoms with Crippen LogP contribution in [0.4, 0.5) is 10.5 Å². The van der Waals surface area contributed by atoms with Crippen molar-refractivity contribution in [1.29, 1.82) is 0 Å². The first kappa shape index (κ1) is 28.4. The largest absolute Gasteiger partial charge is 0.444 e. The van der Waals surface area contributed by atoms with Gasteiger partial charge in [0.1, 0.15) is 5.60 Å². The van der Waals surface area contributed by atoms with Crippen LogP contribution in [0.5, 0.6) is 0 Å². The van der Waals surface area contributed by atoms with Crippen LogP contribution in [0.2, 0.25) is 0 Å². The molecule has 0 aromatic heterocycles. The number of carbonyl (C=O) groups excluding carboxylic acids is 1. The van der Waals surface area contributed by atoms with Gasteiger partial charge in [-0.25, -0.2) is 4.79 Å². The van der Waals surface area contributed by atoms with Crippen molar-refractivity contribution in [2.75, 3.05) is 52.8 Å². The van der Waals surface area contributed by atoms with Crippen molar-refractivity contribution in [3.63, 3.8) is 0 Å². The molecule has 1 aliphatic heterocycles. The first-order valence-corrected chi connectivity index (χ1v) is 10.9. The molecule has 0 spiro atoms. The van der Waals surface area contributed by atoms with Crippen LogP contribution in [0, 0.1) is 0 Å². The number of likely N-dealkylation sites (N-methyl/N-ethyl adjacent to an activating group) is 1.